The normalized spacial score (nSPS) is 11.0. The fourth-order valence-corrected chi connectivity index (χ4v) is 2.64. The molecule has 0 radical (unpaired) electrons. The van der Waals surface area contributed by atoms with Crippen molar-refractivity contribution in [2.45, 2.75) is 11.6 Å². The lowest BCUT2D eigenvalue weighted by molar-refractivity contribution is 0.414. The van der Waals surface area contributed by atoms with Gasteiger partial charge in [0.25, 0.3) is 5.22 Å². The van der Waals surface area contributed by atoms with Gasteiger partial charge in [0.05, 0.1) is 13.5 Å². The molecular formula is C18H17BrN2O3S. The first kappa shape index (κ1) is 19.1. The van der Waals surface area contributed by atoms with E-state index in [-0.39, 0.29) is 22.7 Å². The number of hydrogen-bond donors (Lipinski definition) is 1. The lowest BCUT2D eigenvalue weighted by atomic mass is 10.2. The van der Waals surface area contributed by atoms with E-state index in [0.717, 1.165) is 11.3 Å². The Hall–Kier alpha value is -2.25. The molecule has 25 heavy (non-hydrogen) atoms. The van der Waals surface area contributed by atoms with Gasteiger partial charge in [0, 0.05) is 11.0 Å². The summed E-state index contributed by atoms with van der Waals surface area (Å²) in [6.07, 6.45) is 0.586. The van der Waals surface area contributed by atoms with Crippen LogP contribution in [0.1, 0.15) is 17.0 Å². The van der Waals surface area contributed by atoms with Crippen LogP contribution in [0.25, 0.3) is 5.76 Å². The highest BCUT2D eigenvalue weighted by Crippen LogP contribution is 2.24. The zero-order valence-electron chi connectivity index (χ0n) is 13.5. The number of nitrogens with zero attached hydrogens (tertiary/aromatic N) is 2. The van der Waals surface area contributed by atoms with Crippen LogP contribution >= 0.6 is 28.7 Å². The summed E-state index contributed by atoms with van der Waals surface area (Å²) < 4.78 is 10.7. The Morgan fingerprint density at radius 3 is 2.52 bits per heavy atom. The van der Waals surface area contributed by atoms with Gasteiger partial charge in [-0.25, -0.2) is 0 Å². The summed E-state index contributed by atoms with van der Waals surface area (Å²) in [4.78, 5) is 0. The molecule has 0 bridgehead atoms. The number of rotatable bonds is 6. The molecule has 7 heteroatoms. The summed E-state index contributed by atoms with van der Waals surface area (Å²) in [5.74, 6) is 1.41. The van der Waals surface area contributed by atoms with Crippen molar-refractivity contribution < 1.29 is 14.3 Å². The van der Waals surface area contributed by atoms with Gasteiger partial charge >= 0.3 is 0 Å². The van der Waals surface area contributed by atoms with Crippen molar-refractivity contribution in [1.29, 1.82) is 0 Å². The minimum Gasteiger partial charge on any atom is -0.507 e. The number of thioether (sulfide) groups is 1. The molecule has 5 nitrogen and oxygen atoms in total. The molecule has 0 spiro atoms. The second kappa shape index (κ2) is 9.29. The van der Waals surface area contributed by atoms with E-state index in [0.29, 0.717) is 23.1 Å². The van der Waals surface area contributed by atoms with E-state index in [1.807, 2.05) is 30.3 Å². The van der Waals surface area contributed by atoms with Crippen LogP contribution in [-0.2, 0) is 6.42 Å². The van der Waals surface area contributed by atoms with E-state index in [1.165, 1.54) is 11.8 Å². The Bertz CT molecular complexity index is 820. The van der Waals surface area contributed by atoms with Gasteiger partial charge in [-0.05, 0) is 41.6 Å². The molecule has 1 aromatic heterocycles. The summed E-state index contributed by atoms with van der Waals surface area (Å²) >= 11 is 1.18. The van der Waals surface area contributed by atoms with Crippen molar-refractivity contribution in [2.24, 2.45) is 0 Å². The van der Waals surface area contributed by atoms with Gasteiger partial charge in [0.15, 0.2) is 0 Å². The minimum absolute atomic E-state index is 0. The molecule has 0 atom stereocenters. The third-order valence-corrected chi connectivity index (χ3v) is 4.01. The first-order chi connectivity index (χ1) is 11.7. The quantitative estimate of drug-likeness (QED) is 0.451. The largest absolute Gasteiger partial charge is 0.507 e. The van der Waals surface area contributed by atoms with Gasteiger partial charge in [0.1, 0.15) is 11.5 Å². The van der Waals surface area contributed by atoms with E-state index < -0.39 is 0 Å². The van der Waals surface area contributed by atoms with E-state index in [4.69, 9.17) is 9.15 Å². The Morgan fingerprint density at radius 1 is 1.12 bits per heavy atom. The standard InChI is InChI=1S/C18H16N2O3S.BrH/c1-22-15-9-7-14(8-10-15)16(21)12-24-18-20-19-17(23-18)11-13-5-3-2-4-6-13;/h2-10,12,21H,11H2,1H3;1H/b16-12-;. The van der Waals surface area contributed by atoms with Crippen LogP contribution < -0.4 is 4.74 Å². The molecule has 1 N–H and O–H groups in total. The highest BCUT2D eigenvalue weighted by Gasteiger charge is 2.07. The third kappa shape index (κ3) is 5.37. The topological polar surface area (TPSA) is 68.4 Å². The van der Waals surface area contributed by atoms with E-state index >= 15 is 0 Å². The Kier molecular flexibility index (Phi) is 7.09. The average molecular weight is 421 g/mol. The van der Waals surface area contributed by atoms with Crippen molar-refractivity contribution in [3.05, 3.63) is 77.0 Å². The van der Waals surface area contributed by atoms with Gasteiger partial charge in [-0.15, -0.1) is 27.2 Å². The second-order valence-electron chi connectivity index (χ2n) is 4.97. The fraction of sp³-hybridized carbons (Fsp3) is 0.111. The van der Waals surface area contributed by atoms with Crippen molar-refractivity contribution in [1.82, 2.24) is 10.2 Å². The number of aromatic nitrogens is 2. The molecule has 3 rings (SSSR count). The summed E-state index contributed by atoms with van der Waals surface area (Å²) in [7, 11) is 1.60. The van der Waals surface area contributed by atoms with Crippen LogP contribution in [0.15, 0.2) is 69.6 Å². The molecule has 3 aromatic rings. The van der Waals surface area contributed by atoms with Crippen LogP contribution in [-0.4, -0.2) is 22.4 Å². The first-order valence-corrected chi connectivity index (χ1v) is 8.19. The molecule has 0 saturated carbocycles. The van der Waals surface area contributed by atoms with E-state index in [1.54, 1.807) is 36.8 Å². The lowest BCUT2D eigenvalue weighted by Crippen LogP contribution is -1.87. The number of benzene rings is 2. The molecule has 0 amide bonds. The Labute approximate surface area is 160 Å². The maximum Gasteiger partial charge on any atom is 0.281 e. The molecule has 130 valence electrons. The second-order valence-corrected chi connectivity index (χ2v) is 5.79. The maximum atomic E-state index is 10.1. The molecule has 0 fully saturated rings. The summed E-state index contributed by atoms with van der Waals surface area (Å²) in [6, 6.07) is 17.0. The number of hydrogen-bond acceptors (Lipinski definition) is 6. The van der Waals surface area contributed by atoms with Gasteiger partial charge in [0.2, 0.25) is 5.89 Å². The smallest absolute Gasteiger partial charge is 0.281 e. The highest BCUT2D eigenvalue weighted by molar-refractivity contribution is 8.93. The predicted molar refractivity (Wildman–Crippen MR) is 103 cm³/mol. The van der Waals surface area contributed by atoms with E-state index in [9.17, 15) is 5.11 Å². The minimum atomic E-state index is 0. The molecule has 0 unspecified atom stereocenters. The SMILES string of the molecule is Br.COc1ccc(/C(O)=C/Sc2nnc(Cc3ccccc3)o2)cc1. The van der Waals surface area contributed by atoms with Gasteiger partial charge in [-0.2, -0.15) is 0 Å². The molecule has 2 aromatic carbocycles. The summed E-state index contributed by atoms with van der Waals surface area (Å²) in [6.45, 7) is 0. The number of aliphatic hydroxyl groups excluding tert-OH is 1. The number of ether oxygens (including phenoxy) is 1. The van der Waals surface area contributed by atoms with Gasteiger partial charge < -0.3 is 14.3 Å². The van der Waals surface area contributed by atoms with Crippen molar-refractivity contribution in [3.63, 3.8) is 0 Å². The Balaban J connectivity index is 0.00000225. The van der Waals surface area contributed by atoms with Crippen LogP contribution in [0.3, 0.4) is 0 Å². The van der Waals surface area contributed by atoms with Crippen LogP contribution in [0, 0.1) is 0 Å². The summed E-state index contributed by atoms with van der Waals surface area (Å²) in [5.41, 5.74) is 1.79. The van der Waals surface area contributed by atoms with Crippen molar-refractivity contribution >= 4 is 34.5 Å². The zero-order valence-corrected chi connectivity index (χ0v) is 16.0. The third-order valence-electron chi connectivity index (χ3n) is 3.30. The molecule has 0 aliphatic carbocycles. The van der Waals surface area contributed by atoms with Crippen molar-refractivity contribution in [3.8, 4) is 5.75 Å². The first-order valence-electron chi connectivity index (χ1n) is 7.31. The maximum absolute atomic E-state index is 10.1. The van der Waals surface area contributed by atoms with Crippen LogP contribution in [0.5, 0.6) is 5.75 Å². The highest BCUT2D eigenvalue weighted by atomic mass is 79.9. The molecule has 0 aliphatic heterocycles. The zero-order chi connectivity index (χ0) is 16.8. The van der Waals surface area contributed by atoms with Gasteiger partial charge in [-0.3, -0.25) is 0 Å². The van der Waals surface area contributed by atoms with Crippen molar-refractivity contribution in [2.75, 3.05) is 7.11 Å². The molecule has 0 saturated heterocycles. The summed E-state index contributed by atoms with van der Waals surface area (Å²) in [5, 5.41) is 20.1. The Morgan fingerprint density at radius 2 is 1.84 bits per heavy atom. The van der Waals surface area contributed by atoms with E-state index in [2.05, 4.69) is 10.2 Å². The monoisotopic (exact) mass is 420 g/mol. The fourth-order valence-electron chi connectivity index (χ4n) is 2.06. The number of methoxy groups -OCH3 is 1. The number of aliphatic hydroxyl groups is 1. The lowest BCUT2D eigenvalue weighted by Gasteiger charge is -2.02. The number of halogens is 1. The van der Waals surface area contributed by atoms with Crippen LogP contribution in [0.4, 0.5) is 0 Å². The van der Waals surface area contributed by atoms with Gasteiger partial charge in [-0.1, -0.05) is 30.3 Å². The molecular weight excluding hydrogens is 404 g/mol. The molecule has 0 aliphatic rings. The average Bonchev–Trinajstić information content (AvgIpc) is 3.08. The van der Waals surface area contributed by atoms with Crippen LogP contribution in [0.2, 0.25) is 0 Å². The predicted octanol–water partition coefficient (Wildman–Crippen LogP) is 4.90. The molecule has 1 heterocycles.